The third kappa shape index (κ3) is 2.69. The lowest BCUT2D eigenvalue weighted by Gasteiger charge is -2.51. The van der Waals surface area contributed by atoms with Crippen LogP contribution in [0.5, 0.6) is 0 Å². The predicted molar refractivity (Wildman–Crippen MR) is 137 cm³/mol. The Bertz CT molecular complexity index is 1370. The molecular weight excluding hydrogens is 448 g/mol. The van der Waals surface area contributed by atoms with Crippen molar-refractivity contribution in [1.82, 2.24) is 4.90 Å². The molecule has 5 aliphatic rings. The summed E-state index contributed by atoms with van der Waals surface area (Å²) in [7, 11) is 0. The number of anilines is 1. The van der Waals surface area contributed by atoms with E-state index in [1.807, 2.05) is 36.1 Å². The third-order valence-electron chi connectivity index (χ3n) is 9.03. The minimum Gasteiger partial charge on any atom is -0.339 e. The number of hydrogen-bond acceptors (Lipinski definition) is 3. The van der Waals surface area contributed by atoms with Crippen molar-refractivity contribution in [2.24, 2.45) is 11.3 Å². The van der Waals surface area contributed by atoms with Gasteiger partial charge in [0.1, 0.15) is 0 Å². The second-order valence-electron chi connectivity index (χ2n) is 10.8. The fourth-order valence-corrected chi connectivity index (χ4v) is 7.39. The number of rotatable bonds is 2. The molecule has 2 aliphatic heterocycles. The number of imide groups is 1. The van der Waals surface area contributed by atoms with Gasteiger partial charge < -0.3 is 4.90 Å². The number of nitrogens with zero attached hydrogens (tertiary/aromatic N) is 2. The average Bonchev–Trinajstić information content (AvgIpc) is 3.14. The maximum Gasteiger partial charge on any atom is 0.253 e. The van der Waals surface area contributed by atoms with Crippen molar-refractivity contribution >= 4 is 23.4 Å². The van der Waals surface area contributed by atoms with Crippen molar-refractivity contribution in [2.45, 2.75) is 38.0 Å². The van der Waals surface area contributed by atoms with E-state index in [1.54, 1.807) is 24.3 Å². The predicted octanol–water partition coefficient (Wildman–Crippen LogP) is 5.10. The van der Waals surface area contributed by atoms with Gasteiger partial charge in [0, 0.05) is 30.5 Å². The highest BCUT2D eigenvalue weighted by Gasteiger charge is 2.68. The minimum atomic E-state index is -0.854. The van der Waals surface area contributed by atoms with Gasteiger partial charge in [0.05, 0.1) is 17.0 Å². The standard InChI is InChI=1S/C31H28N2O3/c1-31-26-23-11-5-3-9-21(23)25(22-10-4-6-12-24(22)26)27(31)29(35)33(30(31)36)20-15-13-19(14-16-20)28(34)32-17-7-2-8-18-32/h3-6,9-16,25-27H,2,7-8,17-18H2,1H3/t25?,26?,27-,31+/m1/s1. The largest absolute Gasteiger partial charge is 0.339 e. The summed E-state index contributed by atoms with van der Waals surface area (Å²) in [5, 5.41) is 0. The molecule has 2 bridgehead atoms. The van der Waals surface area contributed by atoms with Crippen LogP contribution in [-0.2, 0) is 9.59 Å². The summed E-state index contributed by atoms with van der Waals surface area (Å²) in [5.41, 5.74) is 4.93. The molecule has 0 N–H and O–H groups in total. The first kappa shape index (κ1) is 21.5. The molecule has 0 aromatic heterocycles. The normalized spacial score (nSPS) is 28.1. The van der Waals surface area contributed by atoms with Gasteiger partial charge in [0.2, 0.25) is 11.8 Å². The molecule has 2 saturated heterocycles. The zero-order valence-electron chi connectivity index (χ0n) is 20.3. The van der Waals surface area contributed by atoms with E-state index in [0.29, 0.717) is 11.3 Å². The quantitative estimate of drug-likeness (QED) is 0.484. The summed E-state index contributed by atoms with van der Waals surface area (Å²) in [6, 6.07) is 23.6. The molecule has 2 heterocycles. The summed E-state index contributed by atoms with van der Waals surface area (Å²) in [6.07, 6.45) is 3.24. The summed E-state index contributed by atoms with van der Waals surface area (Å²) in [4.78, 5) is 44.5. The molecule has 3 aromatic rings. The lowest BCUT2D eigenvalue weighted by atomic mass is 9.48. The molecule has 0 unspecified atom stereocenters. The second-order valence-corrected chi connectivity index (χ2v) is 10.8. The molecule has 0 radical (unpaired) electrons. The minimum absolute atomic E-state index is 0.0184. The molecule has 0 saturated carbocycles. The Morgan fingerprint density at radius 2 is 1.33 bits per heavy atom. The Balaban J connectivity index is 1.29. The van der Waals surface area contributed by atoms with Crippen LogP contribution >= 0.6 is 0 Å². The van der Waals surface area contributed by atoms with Crippen LogP contribution in [0.15, 0.2) is 72.8 Å². The number of likely N-dealkylation sites (tertiary alicyclic amines) is 1. The average molecular weight is 477 g/mol. The fraction of sp³-hybridized carbons (Fsp3) is 0.323. The Hall–Kier alpha value is -3.73. The molecule has 180 valence electrons. The molecule has 3 amide bonds. The van der Waals surface area contributed by atoms with Crippen LogP contribution in [0.25, 0.3) is 0 Å². The zero-order valence-corrected chi connectivity index (χ0v) is 20.3. The lowest BCUT2D eigenvalue weighted by Crippen LogP contribution is -2.49. The SMILES string of the molecule is C[C@@]12C(=O)N(c3ccc(C(=O)N4CCCCC4)cc3)C(=O)[C@H]1C1c3ccccc3C2c2ccccc21. The Kier molecular flexibility index (Phi) is 4.57. The van der Waals surface area contributed by atoms with Gasteiger partial charge in [-0.1, -0.05) is 48.5 Å². The van der Waals surface area contributed by atoms with Crippen LogP contribution < -0.4 is 4.90 Å². The van der Waals surface area contributed by atoms with Crippen molar-refractivity contribution in [3.8, 4) is 0 Å². The van der Waals surface area contributed by atoms with E-state index in [1.165, 1.54) is 4.90 Å². The van der Waals surface area contributed by atoms with Crippen LogP contribution in [0.3, 0.4) is 0 Å². The van der Waals surface area contributed by atoms with Gasteiger partial charge in [0.25, 0.3) is 5.91 Å². The maximum absolute atomic E-state index is 14.2. The van der Waals surface area contributed by atoms with E-state index >= 15 is 0 Å². The van der Waals surface area contributed by atoms with Gasteiger partial charge in [-0.05, 0) is 72.7 Å². The van der Waals surface area contributed by atoms with Crippen LogP contribution in [0.1, 0.15) is 70.6 Å². The van der Waals surface area contributed by atoms with Gasteiger partial charge in [-0.25, -0.2) is 4.90 Å². The van der Waals surface area contributed by atoms with Crippen molar-refractivity contribution in [1.29, 1.82) is 0 Å². The zero-order chi connectivity index (χ0) is 24.6. The number of piperidine rings is 1. The van der Waals surface area contributed by atoms with Gasteiger partial charge in [-0.15, -0.1) is 0 Å². The Morgan fingerprint density at radius 1 is 0.778 bits per heavy atom. The highest BCUT2D eigenvalue weighted by molar-refractivity contribution is 6.25. The summed E-state index contributed by atoms with van der Waals surface area (Å²) < 4.78 is 0. The van der Waals surface area contributed by atoms with Gasteiger partial charge in [-0.2, -0.15) is 0 Å². The number of benzene rings is 3. The van der Waals surface area contributed by atoms with Crippen LogP contribution in [0.4, 0.5) is 5.69 Å². The van der Waals surface area contributed by atoms with E-state index in [9.17, 15) is 14.4 Å². The number of carbonyl (C=O) groups is 3. The van der Waals surface area contributed by atoms with Crippen molar-refractivity contribution < 1.29 is 14.4 Å². The smallest absolute Gasteiger partial charge is 0.253 e. The van der Waals surface area contributed by atoms with Crippen LogP contribution in [0.2, 0.25) is 0 Å². The monoisotopic (exact) mass is 476 g/mol. The number of carbonyl (C=O) groups excluding carboxylic acids is 3. The van der Waals surface area contributed by atoms with E-state index in [0.717, 1.165) is 54.6 Å². The van der Waals surface area contributed by atoms with Crippen molar-refractivity contribution in [3.63, 3.8) is 0 Å². The number of hydrogen-bond donors (Lipinski definition) is 0. The third-order valence-corrected chi connectivity index (χ3v) is 9.03. The molecule has 3 aliphatic carbocycles. The maximum atomic E-state index is 14.2. The summed E-state index contributed by atoms with van der Waals surface area (Å²) >= 11 is 0. The molecule has 36 heavy (non-hydrogen) atoms. The summed E-state index contributed by atoms with van der Waals surface area (Å²) in [5.74, 6) is -1.03. The second kappa shape index (κ2) is 7.63. The van der Waals surface area contributed by atoms with Gasteiger partial charge in [-0.3, -0.25) is 14.4 Å². The van der Waals surface area contributed by atoms with Crippen molar-refractivity contribution in [2.75, 3.05) is 18.0 Å². The molecule has 2 atom stereocenters. The van der Waals surface area contributed by atoms with E-state index in [2.05, 4.69) is 24.3 Å². The first-order chi connectivity index (χ1) is 17.5. The van der Waals surface area contributed by atoms with Crippen molar-refractivity contribution in [3.05, 3.63) is 101 Å². The molecule has 3 aromatic carbocycles. The number of amides is 3. The molecule has 5 heteroatoms. The van der Waals surface area contributed by atoms with Crippen LogP contribution in [-0.4, -0.2) is 35.7 Å². The Labute approximate surface area is 210 Å². The first-order valence-corrected chi connectivity index (χ1v) is 13.0. The molecular formula is C31H28N2O3. The van der Waals surface area contributed by atoms with E-state index < -0.39 is 11.3 Å². The van der Waals surface area contributed by atoms with E-state index in [4.69, 9.17) is 0 Å². The highest BCUT2D eigenvalue weighted by Crippen LogP contribution is 2.67. The van der Waals surface area contributed by atoms with E-state index in [-0.39, 0.29) is 29.6 Å². The molecule has 8 rings (SSSR count). The topological polar surface area (TPSA) is 57.7 Å². The molecule has 0 spiro atoms. The van der Waals surface area contributed by atoms with Crippen LogP contribution in [0, 0.1) is 11.3 Å². The molecule has 2 fully saturated rings. The first-order valence-electron chi connectivity index (χ1n) is 13.0. The Morgan fingerprint density at radius 3 is 1.92 bits per heavy atom. The van der Waals surface area contributed by atoms with Gasteiger partial charge >= 0.3 is 0 Å². The fourth-order valence-electron chi connectivity index (χ4n) is 7.39. The summed E-state index contributed by atoms with van der Waals surface area (Å²) in [6.45, 7) is 3.55. The highest BCUT2D eigenvalue weighted by atomic mass is 16.2. The van der Waals surface area contributed by atoms with Gasteiger partial charge in [0.15, 0.2) is 0 Å². The molecule has 5 nitrogen and oxygen atoms in total. The lowest BCUT2D eigenvalue weighted by molar-refractivity contribution is -0.128.